The molecule has 3 N–H and O–H groups in total. The number of anilines is 1. The summed E-state index contributed by atoms with van der Waals surface area (Å²) in [6.45, 7) is 7.60. The third kappa shape index (κ3) is 4.84. The van der Waals surface area contributed by atoms with Crippen LogP contribution in [-0.4, -0.2) is 43.2 Å². The number of benzene rings is 2. The van der Waals surface area contributed by atoms with Gasteiger partial charge in [0.25, 0.3) is 5.91 Å². The van der Waals surface area contributed by atoms with Crippen LogP contribution in [0.2, 0.25) is 0 Å². The Morgan fingerprint density at radius 2 is 1.75 bits per heavy atom. The fourth-order valence-corrected chi connectivity index (χ4v) is 3.98. The van der Waals surface area contributed by atoms with E-state index in [0.717, 1.165) is 44.7 Å². The lowest BCUT2D eigenvalue weighted by atomic mass is 10.0. The van der Waals surface area contributed by atoms with Crippen molar-refractivity contribution in [1.29, 1.82) is 0 Å². The van der Waals surface area contributed by atoms with E-state index in [1.54, 1.807) is 6.07 Å². The first kappa shape index (κ1) is 20.2. The zero-order valence-electron chi connectivity index (χ0n) is 16.9. The molecule has 0 aromatic heterocycles. The summed E-state index contributed by atoms with van der Waals surface area (Å²) in [5.41, 5.74) is 2.05. The monoisotopic (exact) mass is 382 g/mol. The van der Waals surface area contributed by atoms with Gasteiger partial charge >= 0.3 is 0 Å². The second kappa shape index (κ2) is 9.60. The first-order valence-electron chi connectivity index (χ1n) is 10.3. The van der Waals surface area contributed by atoms with Crippen molar-refractivity contribution in [2.45, 2.75) is 38.8 Å². The molecule has 150 valence electrons. The van der Waals surface area contributed by atoms with E-state index in [1.807, 2.05) is 43.3 Å². The highest BCUT2D eigenvalue weighted by molar-refractivity contribution is 5.80. The van der Waals surface area contributed by atoms with Crippen molar-refractivity contribution in [3.05, 3.63) is 60.2 Å². The number of hydrogen-bond donors (Lipinski definition) is 3. The number of para-hydroxylation sites is 2. The highest BCUT2D eigenvalue weighted by Gasteiger charge is 2.31. The number of amides is 1. The van der Waals surface area contributed by atoms with Gasteiger partial charge in [0.15, 0.2) is 6.04 Å². The van der Waals surface area contributed by atoms with Gasteiger partial charge < -0.3 is 20.2 Å². The number of hydrogen-bond acceptors (Lipinski definition) is 3. The number of carbonyl (C=O) groups is 1. The topological polar surface area (TPSA) is 57.0 Å². The molecule has 5 heteroatoms. The van der Waals surface area contributed by atoms with Crippen LogP contribution >= 0.6 is 0 Å². The van der Waals surface area contributed by atoms with Crippen LogP contribution in [0.15, 0.2) is 54.6 Å². The number of piperazine rings is 1. The first-order valence-corrected chi connectivity index (χ1v) is 10.3. The summed E-state index contributed by atoms with van der Waals surface area (Å²) in [6, 6.07) is 17.7. The lowest BCUT2D eigenvalue weighted by Crippen LogP contribution is -3.19. The molecule has 2 aromatic rings. The third-order valence-corrected chi connectivity index (χ3v) is 5.73. The summed E-state index contributed by atoms with van der Waals surface area (Å²) in [4.78, 5) is 16.4. The number of carbonyl (C=O) groups excluding carboxylic acids is 1. The second-order valence-corrected chi connectivity index (χ2v) is 7.62. The molecule has 2 atom stereocenters. The molecule has 28 heavy (non-hydrogen) atoms. The Morgan fingerprint density at radius 1 is 1.11 bits per heavy atom. The molecule has 0 unspecified atom stereocenters. The van der Waals surface area contributed by atoms with E-state index >= 15 is 0 Å². The Morgan fingerprint density at radius 3 is 2.39 bits per heavy atom. The summed E-state index contributed by atoms with van der Waals surface area (Å²) < 4.78 is 0. The molecule has 3 rings (SSSR count). The van der Waals surface area contributed by atoms with Crippen LogP contribution in [0.3, 0.4) is 0 Å². The van der Waals surface area contributed by atoms with Crippen LogP contribution in [0.5, 0.6) is 5.75 Å². The molecule has 1 amide bonds. The molecule has 1 heterocycles. The molecule has 5 nitrogen and oxygen atoms in total. The van der Waals surface area contributed by atoms with E-state index in [9.17, 15) is 9.90 Å². The molecule has 0 bridgehead atoms. The number of aromatic hydroxyl groups is 1. The largest absolute Gasteiger partial charge is 0.506 e. The fourth-order valence-electron chi connectivity index (χ4n) is 3.98. The number of nitrogens with zero attached hydrogens (tertiary/aromatic N) is 1. The minimum absolute atomic E-state index is 0.0723. The minimum atomic E-state index is -0.0883. The van der Waals surface area contributed by atoms with Crippen LogP contribution in [0.1, 0.15) is 38.3 Å². The molecular formula is C23H32N3O2+. The third-order valence-electron chi connectivity index (χ3n) is 5.73. The molecular weight excluding hydrogens is 350 g/mol. The molecule has 0 spiro atoms. The SMILES string of the molecule is CCC[C@@H](NC(=O)[C@@H](C)[NH+]1CCN(c2ccccc2O)CC1)c1ccccc1. The summed E-state index contributed by atoms with van der Waals surface area (Å²) >= 11 is 0. The van der Waals surface area contributed by atoms with Crippen LogP contribution in [0, 0.1) is 0 Å². The van der Waals surface area contributed by atoms with Gasteiger partial charge in [0.05, 0.1) is 37.9 Å². The maximum Gasteiger partial charge on any atom is 0.278 e. The predicted octanol–water partition coefficient (Wildman–Crippen LogP) is 2.14. The first-order chi connectivity index (χ1) is 13.6. The number of phenolic OH excluding ortho intramolecular Hbond substituents is 1. The number of rotatable bonds is 7. The molecule has 0 radical (unpaired) electrons. The lowest BCUT2D eigenvalue weighted by molar-refractivity contribution is -0.914. The van der Waals surface area contributed by atoms with Gasteiger partial charge in [-0.1, -0.05) is 55.8 Å². The Labute approximate surface area is 168 Å². The molecule has 2 aromatic carbocycles. The van der Waals surface area contributed by atoms with Gasteiger partial charge in [-0.25, -0.2) is 0 Å². The van der Waals surface area contributed by atoms with Gasteiger partial charge in [0.2, 0.25) is 0 Å². The summed E-state index contributed by atoms with van der Waals surface area (Å²) in [5, 5.41) is 13.3. The van der Waals surface area contributed by atoms with E-state index in [1.165, 1.54) is 10.5 Å². The van der Waals surface area contributed by atoms with Crippen molar-refractivity contribution in [3.8, 4) is 5.75 Å². The lowest BCUT2D eigenvalue weighted by Gasteiger charge is -2.36. The average Bonchev–Trinajstić information content (AvgIpc) is 2.74. The Balaban J connectivity index is 1.57. The van der Waals surface area contributed by atoms with Crippen LogP contribution < -0.4 is 15.1 Å². The summed E-state index contributed by atoms with van der Waals surface area (Å²) in [7, 11) is 0. The van der Waals surface area contributed by atoms with Crippen LogP contribution in [-0.2, 0) is 4.79 Å². The van der Waals surface area contributed by atoms with Crippen molar-refractivity contribution < 1.29 is 14.8 Å². The quantitative estimate of drug-likeness (QED) is 0.688. The Kier molecular flexibility index (Phi) is 6.93. The van der Waals surface area contributed by atoms with Crippen molar-refractivity contribution >= 4 is 11.6 Å². The summed E-state index contributed by atoms with van der Waals surface area (Å²) in [5.74, 6) is 0.440. The molecule has 1 fully saturated rings. The second-order valence-electron chi connectivity index (χ2n) is 7.62. The highest BCUT2D eigenvalue weighted by Crippen LogP contribution is 2.26. The van der Waals surface area contributed by atoms with Crippen LogP contribution in [0.25, 0.3) is 0 Å². The van der Waals surface area contributed by atoms with Crippen molar-refractivity contribution in [3.63, 3.8) is 0 Å². The molecule has 1 saturated heterocycles. The molecule has 1 aliphatic heterocycles. The fraction of sp³-hybridized carbons (Fsp3) is 0.435. The minimum Gasteiger partial charge on any atom is -0.506 e. The van der Waals surface area contributed by atoms with Gasteiger partial charge in [0.1, 0.15) is 5.75 Å². The predicted molar refractivity (Wildman–Crippen MR) is 113 cm³/mol. The highest BCUT2D eigenvalue weighted by atomic mass is 16.3. The standard InChI is InChI=1S/C23H31N3O2/c1-3-9-20(19-10-5-4-6-11-19)24-23(28)18(2)25-14-16-26(17-15-25)21-12-7-8-13-22(21)27/h4-8,10-13,18,20,27H,3,9,14-17H2,1-2H3,(H,24,28)/p+1/t18-,20-/m1/s1. The van der Waals surface area contributed by atoms with Crippen molar-refractivity contribution in [2.24, 2.45) is 0 Å². The smallest absolute Gasteiger partial charge is 0.278 e. The Hall–Kier alpha value is -2.53. The zero-order valence-corrected chi connectivity index (χ0v) is 16.9. The normalized spacial score (nSPS) is 17.1. The van der Waals surface area contributed by atoms with E-state index in [4.69, 9.17) is 0 Å². The van der Waals surface area contributed by atoms with Crippen molar-refractivity contribution in [2.75, 3.05) is 31.1 Å². The Bertz CT molecular complexity index is 757. The van der Waals surface area contributed by atoms with Gasteiger partial charge in [-0.3, -0.25) is 4.79 Å². The van der Waals surface area contributed by atoms with Gasteiger partial charge in [-0.2, -0.15) is 0 Å². The van der Waals surface area contributed by atoms with Gasteiger partial charge in [-0.05, 0) is 31.0 Å². The number of phenols is 1. The molecule has 1 aliphatic rings. The number of nitrogens with one attached hydrogen (secondary N) is 2. The maximum atomic E-state index is 12.9. The van der Waals surface area contributed by atoms with Crippen LogP contribution in [0.4, 0.5) is 5.69 Å². The van der Waals surface area contributed by atoms with Gasteiger partial charge in [0, 0.05) is 0 Å². The zero-order chi connectivity index (χ0) is 19.9. The van der Waals surface area contributed by atoms with E-state index in [-0.39, 0.29) is 18.0 Å². The van der Waals surface area contributed by atoms with Crippen molar-refractivity contribution in [1.82, 2.24) is 5.32 Å². The van der Waals surface area contributed by atoms with Gasteiger partial charge in [-0.15, -0.1) is 0 Å². The molecule has 0 saturated carbocycles. The van der Waals surface area contributed by atoms with E-state index < -0.39 is 0 Å². The average molecular weight is 383 g/mol. The summed E-state index contributed by atoms with van der Waals surface area (Å²) in [6.07, 6.45) is 1.97. The molecule has 0 aliphatic carbocycles. The van der Waals surface area contributed by atoms with E-state index in [2.05, 4.69) is 29.3 Å². The maximum absolute atomic E-state index is 12.9. The number of quaternary nitrogens is 1. The van der Waals surface area contributed by atoms with E-state index in [0.29, 0.717) is 5.75 Å².